The number of esters is 1. The second-order valence-electron chi connectivity index (χ2n) is 2.50. The third-order valence-corrected chi connectivity index (χ3v) is 1.87. The second-order valence-corrected chi connectivity index (χ2v) is 2.99. The van der Waals surface area contributed by atoms with Crippen LogP contribution in [0.15, 0.2) is 17.0 Å². The minimum atomic E-state index is -0.946. The maximum absolute atomic E-state index is 13.0. The molecule has 0 heterocycles. The summed E-state index contributed by atoms with van der Waals surface area (Å²) in [7, 11) is 0. The lowest BCUT2D eigenvalue weighted by atomic mass is 10.2. The van der Waals surface area contributed by atoms with Crippen molar-refractivity contribution in [3.63, 3.8) is 0 Å². The summed E-state index contributed by atoms with van der Waals surface area (Å²) < 4.78 is 30.3. The van der Waals surface area contributed by atoms with Gasteiger partial charge in [0.25, 0.3) is 0 Å². The second kappa shape index (κ2) is 4.41. The van der Waals surface area contributed by atoms with Crippen molar-refractivity contribution >= 4 is 18.6 Å². The highest BCUT2D eigenvalue weighted by molar-refractivity contribution is 7.80. The number of benzene rings is 1. The van der Waals surface area contributed by atoms with E-state index in [0.29, 0.717) is 6.07 Å². The summed E-state index contributed by atoms with van der Waals surface area (Å²) in [5.41, 5.74) is -0.307. The van der Waals surface area contributed by atoms with Crippen molar-refractivity contribution in [3.8, 4) is 0 Å². The molecule has 0 aromatic heterocycles. The lowest BCUT2D eigenvalue weighted by Crippen LogP contribution is -2.07. The Hall–Kier alpha value is -1.10. The molecule has 1 aromatic carbocycles. The highest BCUT2D eigenvalue weighted by atomic mass is 32.1. The number of carbonyl (C=O) groups is 1. The predicted molar refractivity (Wildman–Crippen MR) is 49.6 cm³/mol. The van der Waals surface area contributed by atoms with E-state index in [9.17, 15) is 13.6 Å². The molecular weight excluding hydrogens is 210 g/mol. The van der Waals surface area contributed by atoms with Crippen LogP contribution < -0.4 is 0 Å². The van der Waals surface area contributed by atoms with Crippen molar-refractivity contribution in [1.82, 2.24) is 0 Å². The minimum Gasteiger partial charge on any atom is -0.462 e. The van der Waals surface area contributed by atoms with Crippen LogP contribution >= 0.6 is 12.6 Å². The van der Waals surface area contributed by atoms with E-state index in [2.05, 4.69) is 17.4 Å². The number of carbonyl (C=O) groups excluding carboxylic acids is 1. The van der Waals surface area contributed by atoms with Crippen LogP contribution in [0.5, 0.6) is 0 Å². The van der Waals surface area contributed by atoms with Crippen molar-refractivity contribution in [1.29, 1.82) is 0 Å². The molecule has 0 fully saturated rings. The summed E-state index contributed by atoms with van der Waals surface area (Å²) in [6, 6.07) is 1.61. The van der Waals surface area contributed by atoms with Gasteiger partial charge < -0.3 is 4.74 Å². The van der Waals surface area contributed by atoms with E-state index in [4.69, 9.17) is 0 Å². The van der Waals surface area contributed by atoms with Gasteiger partial charge in [-0.1, -0.05) is 0 Å². The van der Waals surface area contributed by atoms with Crippen LogP contribution in [0, 0.1) is 11.6 Å². The Kier molecular flexibility index (Phi) is 3.46. The van der Waals surface area contributed by atoms with Crippen LogP contribution in [-0.2, 0) is 4.74 Å². The van der Waals surface area contributed by atoms with Crippen molar-refractivity contribution in [3.05, 3.63) is 29.3 Å². The first-order chi connectivity index (χ1) is 6.56. The molecule has 0 aliphatic rings. The Labute approximate surface area is 85.3 Å². The molecular formula is C9H8F2O2S. The Morgan fingerprint density at radius 3 is 2.64 bits per heavy atom. The molecule has 0 amide bonds. The molecule has 0 atom stereocenters. The molecule has 5 heteroatoms. The predicted octanol–water partition coefficient (Wildman–Crippen LogP) is 2.43. The normalized spacial score (nSPS) is 10.0. The third kappa shape index (κ3) is 2.23. The van der Waals surface area contributed by atoms with E-state index in [1.54, 1.807) is 6.92 Å². The number of ether oxygens (including phenoxy) is 1. The van der Waals surface area contributed by atoms with E-state index in [1.807, 2.05) is 0 Å². The van der Waals surface area contributed by atoms with Gasteiger partial charge in [-0.3, -0.25) is 0 Å². The molecule has 1 aromatic rings. The average molecular weight is 218 g/mol. The number of hydrogen-bond acceptors (Lipinski definition) is 3. The molecule has 0 aliphatic heterocycles. The molecule has 0 saturated carbocycles. The van der Waals surface area contributed by atoms with Crippen molar-refractivity contribution in [2.75, 3.05) is 6.61 Å². The first-order valence-electron chi connectivity index (χ1n) is 3.91. The smallest absolute Gasteiger partial charge is 0.341 e. The van der Waals surface area contributed by atoms with Crippen molar-refractivity contribution in [2.45, 2.75) is 11.8 Å². The zero-order valence-corrected chi connectivity index (χ0v) is 8.28. The van der Waals surface area contributed by atoms with Crippen LogP contribution in [0.3, 0.4) is 0 Å². The lowest BCUT2D eigenvalue weighted by Gasteiger charge is -2.04. The fourth-order valence-corrected chi connectivity index (χ4v) is 1.10. The summed E-state index contributed by atoms with van der Waals surface area (Å²) >= 11 is 3.73. The van der Waals surface area contributed by atoms with Crippen LogP contribution in [-0.4, -0.2) is 12.6 Å². The van der Waals surface area contributed by atoms with Crippen molar-refractivity contribution < 1.29 is 18.3 Å². The van der Waals surface area contributed by atoms with Gasteiger partial charge >= 0.3 is 5.97 Å². The third-order valence-electron chi connectivity index (χ3n) is 1.53. The standard InChI is InChI=1S/C9H8F2O2S/c1-2-13-9(12)5-3-8(14)7(11)4-6(5)10/h3-4,14H,2H2,1H3. The first kappa shape index (κ1) is 11.0. The summed E-state index contributed by atoms with van der Waals surface area (Å²) in [5, 5.41) is 0. The van der Waals surface area contributed by atoms with Gasteiger partial charge in [0.2, 0.25) is 0 Å². The molecule has 0 N–H and O–H groups in total. The van der Waals surface area contributed by atoms with Gasteiger partial charge in [-0.2, -0.15) is 0 Å². The Morgan fingerprint density at radius 2 is 2.07 bits per heavy atom. The van der Waals surface area contributed by atoms with Crippen LogP contribution in [0.4, 0.5) is 8.78 Å². The van der Waals surface area contributed by atoms with E-state index >= 15 is 0 Å². The molecule has 0 aliphatic carbocycles. The Balaban J connectivity index is 3.09. The van der Waals surface area contributed by atoms with Crippen LogP contribution in [0.25, 0.3) is 0 Å². The molecule has 76 valence electrons. The highest BCUT2D eigenvalue weighted by Crippen LogP contribution is 2.18. The van der Waals surface area contributed by atoms with Gasteiger partial charge in [-0.25, -0.2) is 13.6 Å². The van der Waals surface area contributed by atoms with Crippen LogP contribution in [0.1, 0.15) is 17.3 Å². The summed E-state index contributed by atoms with van der Waals surface area (Å²) in [5.74, 6) is -2.57. The fraction of sp³-hybridized carbons (Fsp3) is 0.222. The van der Waals surface area contributed by atoms with Gasteiger partial charge in [-0.05, 0) is 13.0 Å². The summed E-state index contributed by atoms with van der Waals surface area (Å²) in [4.78, 5) is 11.0. The molecule has 0 saturated heterocycles. The molecule has 0 spiro atoms. The molecule has 2 nitrogen and oxygen atoms in total. The molecule has 0 radical (unpaired) electrons. The van der Waals surface area contributed by atoms with Crippen molar-refractivity contribution in [2.24, 2.45) is 0 Å². The average Bonchev–Trinajstić information content (AvgIpc) is 2.11. The van der Waals surface area contributed by atoms with Gasteiger partial charge in [0.15, 0.2) is 0 Å². The molecule has 0 bridgehead atoms. The Morgan fingerprint density at radius 1 is 1.43 bits per heavy atom. The molecule has 1 rings (SSSR count). The monoisotopic (exact) mass is 218 g/mol. The van der Waals surface area contributed by atoms with Gasteiger partial charge in [0, 0.05) is 11.0 Å². The Bertz CT molecular complexity index is 366. The largest absolute Gasteiger partial charge is 0.462 e. The SMILES string of the molecule is CCOC(=O)c1cc(S)c(F)cc1F. The maximum atomic E-state index is 13.0. The minimum absolute atomic E-state index is 0.0885. The van der Waals surface area contributed by atoms with Gasteiger partial charge in [0.05, 0.1) is 12.2 Å². The van der Waals surface area contributed by atoms with E-state index in [0.717, 1.165) is 6.07 Å². The first-order valence-corrected chi connectivity index (χ1v) is 4.36. The number of rotatable bonds is 2. The number of halogens is 2. The lowest BCUT2D eigenvalue weighted by molar-refractivity contribution is 0.0520. The maximum Gasteiger partial charge on any atom is 0.341 e. The quantitative estimate of drug-likeness (QED) is 0.609. The number of hydrogen-bond donors (Lipinski definition) is 1. The fourth-order valence-electron chi connectivity index (χ4n) is 0.903. The van der Waals surface area contributed by atoms with Gasteiger partial charge in [0.1, 0.15) is 11.6 Å². The zero-order chi connectivity index (χ0) is 10.7. The van der Waals surface area contributed by atoms with Gasteiger partial charge in [-0.15, -0.1) is 12.6 Å². The highest BCUT2D eigenvalue weighted by Gasteiger charge is 2.15. The van der Waals surface area contributed by atoms with E-state index < -0.39 is 17.6 Å². The zero-order valence-electron chi connectivity index (χ0n) is 7.38. The van der Waals surface area contributed by atoms with E-state index in [1.165, 1.54) is 0 Å². The van der Waals surface area contributed by atoms with E-state index in [-0.39, 0.29) is 17.1 Å². The molecule has 0 unspecified atom stereocenters. The summed E-state index contributed by atoms with van der Waals surface area (Å²) in [6.45, 7) is 1.73. The summed E-state index contributed by atoms with van der Waals surface area (Å²) in [6.07, 6.45) is 0. The molecule has 14 heavy (non-hydrogen) atoms. The topological polar surface area (TPSA) is 26.3 Å². The number of thiol groups is 1. The van der Waals surface area contributed by atoms with Crippen LogP contribution in [0.2, 0.25) is 0 Å².